The second-order valence-corrected chi connectivity index (χ2v) is 7.80. The maximum Gasteiger partial charge on any atom is 0.346 e. The van der Waals surface area contributed by atoms with Gasteiger partial charge in [0.05, 0.1) is 16.6 Å². The Bertz CT molecular complexity index is 1470. The minimum Gasteiger partial charge on any atom is -0.477 e. The van der Waals surface area contributed by atoms with Crippen molar-refractivity contribution in [3.8, 4) is 5.69 Å². The van der Waals surface area contributed by atoms with E-state index in [4.69, 9.17) is 0 Å². The SMILES string of the molecule is CN(Cc1c(F)cccc1F)c1ccc(F)c(-n2c(=O)[nH]c3csc(C(=O)O)c3c2=O)c1. The van der Waals surface area contributed by atoms with Crippen LogP contribution in [0.15, 0.2) is 51.4 Å². The zero-order chi connectivity index (χ0) is 23.2. The summed E-state index contributed by atoms with van der Waals surface area (Å²) in [7, 11) is 1.50. The maximum atomic E-state index is 14.7. The predicted molar refractivity (Wildman–Crippen MR) is 113 cm³/mol. The van der Waals surface area contributed by atoms with Crippen molar-refractivity contribution in [3.05, 3.63) is 90.5 Å². The lowest BCUT2D eigenvalue weighted by Crippen LogP contribution is -2.34. The van der Waals surface area contributed by atoms with Gasteiger partial charge in [0.2, 0.25) is 0 Å². The molecule has 11 heteroatoms. The summed E-state index contributed by atoms with van der Waals surface area (Å²) >= 11 is 0.758. The summed E-state index contributed by atoms with van der Waals surface area (Å²) in [5.74, 6) is -3.79. The number of thiophene rings is 1. The number of nitrogens with one attached hydrogen (secondary N) is 1. The van der Waals surface area contributed by atoms with Gasteiger partial charge in [-0.3, -0.25) is 4.79 Å². The number of halogens is 3. The Morgan fingerprint density at radius 1 is 1.12 bits per heavy atom. The summed E-state index contributed by atoms with van der Waals surface area (Å²) in [6.45, 7) is -0.207. The van der Waals surface area contributed by atoms with Gasteiger partial charge in [-0.25, -0.2) is 27.3 Å². The van der Waals surface area contributed by atoms with Crippen LogP contribution in [0.2, 0.25) is 0 Å². The van der Waals surface area contributed by atoms with Crippen molar-refractivity contribution in [3.63, 3.8) is 0 Å². The quantitative estimate of drug-likeness (QED) is 0.475. The molecule has 0 aliphatic carbocycles. The van der Waals surface area contributed by atoms with Crippen molar-refractivity contribution in [1.82, 2.24) is 9.55 Å². The number of H-pyrrole nitrogens is 1. The molecule has 0 radical (unpaired) electrons. The van der Waals surface area contributed by atoms with Gasteiger partial charge < -0.3 is 15.0 Å². The highest BCUT2D eigenvalue weighted by Gasteiger charge is 2.21. The van der Waals surface area contributed by atoms with Crippen LogP contribution in [0, 0.1) is 17.5 Å². The molecule has 0 saturated heterocycles. The minimum absolute atomic E-state index is 0.0300. The van der Waals surface area contributed by atoms with E-state index in [0.29, 0.717) is 4.57 Å². The van der Waals surface area contributed by atoms with Crippen LogP contribution in [0.1, 0.15) is 15.2 Å². The smallest absolute Gasteiger partial charge is 0.346 e. The molecule has 4 rings (SSSR count). The predicted octanol–water partition coefficient (Wildman–Crippen LogP) is 3.49. The first-order valence-electron chi connectivity index (χ1n) is 9.12. The summed E-state index contributed by atoms with van der Waals surface area (Å²) in [6, 6.07) is 6.94. The van der Waals surface area contributed by atoms with Crippen molar-refractivity contribution < 1.29 is 23.1 Å². The number of rotatable bonds is 5. The van der Waals surface area contributed by atoms with Gasteiger partial charge in [-0.2, -0.15) is 0 Å². The van der Waals surface area contributed by atoms with E-state index >= 15 is 0 Å². The van der Waals surface area contributed by atoms with Gasteiger partial charge in [-0.15, -0.1) is 11.3 Å². The standard InChI is InChI=1S/C21H14F3N3O4S/c1-26(8-11-12(22)3-2-4-13(11)23)10-5-6-14(24)16(7-10)27-19(28)17-15(25-21(27)31)9-32-18(17)20(29)30/h2-7,9H,8H2,1H3,(H,25,31)(H,29,30). The van der Waals surface area contributed by atoms with Crippen molar-refractivity contribution in [2.75, 3.05) is 11.9 Å². The number of anilines is 1. The van der Waals surface area contributed by atoms with Crippen LogP contribution in [0.25, 0.3) is 16.6 Å². The Kier molecular flexibility index (Phi) is 5.35. The number of carboxylic acids is 1. The van der Waals surface area contributed by atoms with E-state index < -0.39 is 40.4 Å². The number of fused-ring (bicyclic) bond motifs is 1. The molecule has 2 aromatic heterocycles. The number of carboxylic acid groups (broad SMARTS) is 1. The van der Waals surface area contributed by atoms with E-state index in [1.54, 1.807) is 0 Å². The fraction of sp³-hybridized carbons (Fsp3) is 0.0952. The zero-order valence-corrected chi connectivity index (χ0v) is 17.2. The molecule has 0 amide bonds. The third-order valence-corrected chi connectivity index (χ3v) is 5.88. The van der Waals surface area contributed by atoms with Crippen LogP contribution in [0.5, 0.6) is 0 Å². The first-order valence-corrected chi connectivity index (χ1v) is 10.0. The Morgan fingerprint density at radius 3 is 2.47 bits per heavy atom. The molecule has 0 aliphatic rings. The molecule has 0 fully saturated rings. The minimum atomic E-state index is -1.36. The summed E-state index contributed by atoms with van der Waals surface area (Å²) < 4.78 is 43.1. The van der Waals surface area contributed by atoms with Crippen LogP contribution in [-0.2, 0) is 6.54 Å². The van der Waals surface area contributed by atoms with Crippen molar-refractivity contribution in [2.24, 2.45) is 0 Å². The Labute approximate surface area is 181 Å². The van der Waals surface area contributed by atoms with E-state index in [1.165, 1.54) is 35.5 Å². The molecule has 32 heavy (non-hydrogen) atoms. The van der Waals surface area contributed by atoms with Gasteiger partial charge in [-0.05, 0) is 30.3 Å². The highest BCUT2D eigenvalue weighted by Crippen LogP contribution is 2.24. The van der Waals surface area contributed by atoms with E-state index in [2.05, 4.69) is 4.98 Å². The van der Waals surface area contributed by atoms with E-state index in [-0.39, 0.29) is 33.6 Å². The second kappa shape index (κ2) is 8.00. The topological polar surface area (TPSA) is 95.4 Å². The van der Waals surface area contributed by atoms with Crippen LogP contribution >= 0.6 is 11.3 Å². The number of hydrogen-bond donors (Lipinski definition) is 2. The van der Waals surface area contributed by atoms with Crippen molar-refractivity contribution >= 4 is 33.9 Å². The lowest BCUT2D eigenvalue weighted by molar-refractivity contribution is 0.0704. The first-order chi connectivity index (χ1) is 15.2. The summed E-state index contributed by atoms with van der Waals surface area (Å²) in [6.07, 6.45) is 0. The van der Waals surface area contributed by atoms with Crippen LogP contribution < -0.4 is 16.1 Å². The molecule has 164 valence electrons. The van der Waals surface area contributed by atoms with E-state index in [9.17, 15) is 32.7 Å². The second-order valence-electron chi connectivity index (χ2n) is 6.92. The highest BCUT2D eigenvalue weighted by molar-refractivity contribution is 7.13. The van der Waals surface area contributed by atoms with Crippen LogP contribution in [0.4, 0.5) is 18.9 Å². The summed E-state index contributed by atoms with van der Waals surface area (Å²) in [4.78, 5) is 40.4. The Hall–Kier alpha value is -3.86. The van der Waals surface area contributed by atoms with Crippen LogP contribution in [-0.4, -0.2) is 27.7 Å². The molecule has 0 atom stereocenters. The lowest BCUT2D eigenvalue weighted by Gasteiger charge is -2.21. The van der Waals surface area contributed by atoms with Gasteiger partial charge in [0.25, 0.3) is 5.56 Å². The molecular formula is C21H14F3N3O4S. The molecule has 0 saturated carbocycles. The monoisotopic (exact) mass is 461 g/mol. The fourth-order valence-electron chi connectivity index (χ4n) is 3.34. The average Bonchev–Trinajstić information content (AvgIpc) is 3.16. The van der Waals surface area contributed by atoms with Gasteiger partial charge in [0.1, 0.15) is 22.3 Å². The number of aromatic nitrogens is 2. The van der Waals surface area contributed by atoms with Gasteiger partial charge in [0, 0.05) is 30.2 Å². The molecular weight excluding hydrogens is 447 g/mol. The number of aromatic amines is 1. The van der Waals surface area contributed by atoms with Crippen molar-refractivity contribution in [2.45, 2.75) is 6.54 Å². The largest absolute Gasteiger partial charge is 0.477 e. The van der Waals surface area contributed by atoms with Gasteiger partial charge >= 0.3 is 11.7 Å². The van der Waals surface area contributed by atoms with E-state index in [0.717, 1.165) is 29.5 Å². The number of hydrogen-bond acceptors (Lipinski definition) is 5. The molecule has 0 aliphatic heterocycles. The zero-order valence-electron chi connectivity index (χ0n) is 16.4. The number of nitrogens with zero attached hydrogens (tertiary/aromatic N) is 2. The molecule has 0 spiro atoms. The number of benzene rings is 2. The third-order valence-electron chi connectivity index (χ3n) is 4.92. The number of aromatic carboxylic acids is 1. The molecule has 7 nitrogen and oxygen atoms in total. The highest BCUT2D eigenvalue weighted by atomic mass is 32.1. The van der Waals surface area contributed by atoms with E-state index in [1.807, 2.05) is 0 Å². The fourth-order valence-corrected chi connectivity index (χ4v) is 4.16. The molecule has 0 bridgehead atoms. The molecule has 2 heterocycles. The number of carbonyl (C=O) groups is 1. The lowest BCUT2D eigenvalue weighted by atomic mass is 10.1. The molecule has 2 aromatic carbocycles. The first kappa shape index (κ1) is 21.4. The van der Waals surface area contributed by atoms with Gasteiger partial charge in [-0.1, -0.05) is 6.07 Å². The summed E-state index contributed by atoms with van der Waals surface area (Å²) in [5.41, 5.74) is -2.31. The normalized spacial score (nSPS) is 11.1. The summed E-state index contributed by atoms with van der Waals surface area (Å²) in [5, 5.41) is 10.4. The average molecular weight is 461 g/mol. The molecule has 0 unspecified atom stereocenters. The van der Waals surface area contributed by atoms with Crippen molar-refractivity contribution in [1.29, 1.82) is 0 Å². The van der Waals surface area contributed by atoms with Crippen LogP contribution in [0.3, 0.4) is 0 Å². The molecule has 4 aromatic rings. The van der Waals surface area contributed by atoms with Gasteiger partial charge in [0.15, 0.2) is 0 Å². The third kappa shape index (κ3) is 3.56. The Morgan fingerprint density at radius 2 is 1.81 bits per heavy atom. The molecule has 2 N–H and O–H groups in total. The maximum absolute atomic E-state index is 14.7. The Balaban J connectivity index is 1.84.